The summed E-state index contributed by atoms with van der Waals surface area (Å²) in [6, 6.07) is 6.05. The fourth-order valence-corrected chi connectivity index (χ4v) is 4.63. The van der Waals surface area contributed by atoms with Crippen LogP contribution in [0.1, 0.15) is 48.8 Å². The smallest absolute Gasteiger partial charge is 0.251 e. The van der Waals surface area contributed by atoms with Crippen molar-refractivity contribution >= 4 is 16.8 Å². The number of hydrogen-bond donors (Lipinski definition) is 2. The molecule has 0 saturated carbocycles. The van der Waals surface area contributed by atoms with Crippen LogP contribution < -0.4 is 5.32 Å². The van der Waals surface area contributed by atoms with Gasteiger partial charge in [0.1, 0.15) is 0 Å². The molecule has 2 N–H and O–H groups in total. The maximum atomic E-state index is 12.6. The maximum Gasteiger partial charge on any atom is 0.251 e. The third-order valence-corrected chi connectivity index (χ3v) is 5.91. The first-order valence-corrected chi connectivity index (χ1v) is 10.3. The van der Waals surface area contributed by atoms with Crippen LogP contribution in [0.2, 0.25) is 0 Å². The van der Waals surface area contributed by atoms with Crippen LogP contribution in [0, 0.1) is 5.92 Å². The third-order valence-electron chi connectivity index (χ3n) is 5.91. The van der Waals surface area contributed by atoms with Crippen molar-refractivity contribution < 1.29 is 9.53 Å². The van der Waals surface area contributed by atoms with Gasteiger partial charge in [-0.05, 0) is 62.8 Å². The molecule has 0 spiro atoms. The lowest BCUT2D eigenvalue weighted by Gasteiger charge is -2.35. The van der Waals surface area contributed by atoms with Crippen molar-refractivity contribution in [2.75, 3.05) is 26.2 Å². The van der Waals surface area contributed by atoms with Crippen LogP contribution in [0.4, 0.5) is 0 Å². The molecule has 1 aliphatic carbocycles. The lowest BCUT2D eigenvalue weighted by atomic mass is 9.87. The molecule has 1 amide bonds. The van der Waals surface area contributed by atoms with E-state index < -0.39 is 0 Å². The van der Waals surface area contributed by atoms with Crippen LogP contribution in [0.15, 0.2) is 18.2 Å². The number of benzene rings is 1. The van der Waals surface area contributed by atoms with E-state index in [4.69, 9.17) is 4.74 Å². The molecule has 1 aromatic heterocycles. The zero-order valence-corrected chi connectivity index (χ0v) is 16.7. The number of nitrogens with zero attached hydrogens (tertiary/aromatic N) is 1. The van der Waals surface area contributed by atoms with Crippen molar-refractivity contribution in [3.8, 4) is 0 Å². The molecule has 27 heavy (non-hydrogen) atoms. The summed E-state index contributed by atoms with van der Waals surface area (Å²) >= 11 is 0. The van der Waals surface area contributed by atoms with Gasteiger partial charge in [0.2, 0.25) is 0 Å². The van der Waals surface area contributed by atoms with E-state index in [9.17, 15) is 4.79 Å². The molecule has 1 saturated heterocycles. The van der Waals surface area contributed by atoms with Gasteiger partial charge in [0.05, 0.1) is 12.2 Å². The average Bonchev–Trinajstić information content (AvgIpc) is 2.98. The van der Waals surface area contributed by atoms with Crippen molar-refractivity contribution in [1.29, 1.82) is 0 Å². The summed E-state index contributed by atoms with van der Waals surface area (Å²) in [7, 11) is 0. The highest BCUT2D eigenvalue weighted by atomic mass is 16.5. The number of aromatic amines is 1. The predicted molar refractivity (Wildman–Crippen MR) is 108 cm³/mol. The molecule has 0 unspecified atom stereocenters. The van der Waals surface area contributed by atoms with E-state index in [0.717, 1.165) is 43.6 Å². The molecule has 5 nitrogen and oxygen atoms in total. The van der Waals surface area contributed by atoms with Crippen LogP contribution in [0.25, 0.3) is 10.9 Å². The predicted octanol–water partition coefficient (Wildman–Crippen LogP) is 3.13. The fourth-order valence-electron chi connectivity index (χ4n) is 4.63. The number of carbonyl (C=O) groups excluding carboxylic acids is 1. The number of carbonyl (C=O) groups is 1. The Balaban J connectivity index is 1.40. The Morgan fingerprint density at radius 1 is 1.26 bits per heavy atom. The van der Waals surface area contributed by atoms with Crippen molar-refractivity contribution in [3.05, 3.63) is 35.0 Å². The Labute approximate surface area is 161 Å². The van der Waals surface area contributed by atoms with Gasteiger partial charge in [-0.2, -0.15) is 0 Å². The second-order valence-corrected chi connectivity index (χ2v) is 8.46. The molecular formula is C22H31N3O2. The highest BCUT2D eigenvalue weighted by Gasteiger charge is 2.22. The summed E-state index contributed by atoms with van der Waals surface area (Å²) in [4.78, 5) is 18.6. The molecule has 2 heterocycles. The van der Waals surface area contributed by atoms with Gasteiger partial charge < -0.3 is 15.0 Å². The molecule has 2 aromatic rings. The Morgan fingerprint density at radius 3 is 2.81 bits per heavy atom. The summed E-state index contributed by atoms with van der Waals surface area (Å²) in [5.41, 5.74) is 4.68. The molecule has 1 aromatic carbocycles. The first-order chi connectivity index (χ1) is 13.0. The SMILES string of the molecule is C[C@@H]1CCc2[nH]c3ccc(C(=O)NCCN4C[C@@H](C)O[C@@H](C)C4)cc3c2C1. The number of ether oxygens (including phenoxy) is 1. The molecule has 0 radical (unpaired) electrons. The van der Waals surface area contributed by atoms with Gasteiger partial charge in [-0.15, -0.1) is 0 Å². The zero-order valence-electron chi connectivity index (χ0n) is 16.7. The molecular weight excluding hydrogens is 338 g/mol. The normalized spacial score (nSPS) is 26.1. The number of fused-ring (bicyclic) bond motifs is 3. The van der Waals surface area contributed by atoms with E-state index in [1.165, 1.54) is 23.1 Å². The molecule has 146 valence electrons. The molecule has 2 aliphatic rings. The van der Waals surface area contributed by atoms with Crippen LogP contribution in [0.5, 0.6) is 0 Å². The first kappa shape index (κ1) is 18.5. The number of amides is 1. The largest absolute Gasteiger partial charge is 0.373 e. The molecule has 1 aliphatic heterocycles. The number of H-pyrrole nitrogens is 1. The number of morpholine rings is 1. The van der Waals surface area contributed by atoms with Gasteiger partial charge in [0, 0.05) is 48.3 Å². The summed E-state index contributed by atoms with van der Waals surface area (Å²) in [6.07, 6.45) is 3.98. The van der Waals surface area contributed by atoms with Crippen molar-refractivity contribution in [2.45, 2.75) is 52.2 Å². The van der Waals surface area contributed by atoms with Gasteiger partial charge in [0.25, 0.3) is 5.91 Å². The standard InChI is InChI=1S/C22H31N3O2/c1-14-4-6-20-18(10-14)19-11-17(5-7-21(19)24-20)22(26)23-8-9-25-12-15(2)27-16(3)13-25/h5,7,11,14-16,24H,4,6,8-10,12-13H2,1-3H3,(H,23,26)/t14-,15-,16+/m1/s1. The van der Waals surface area contributed by atoms with Gasteiger partial charge in [-0.25, -0.2) is 0 Å². The van der Waals surface area contributed by atoms with Crippen LogP contribution in [0.3, 0.4) is 0 Å². The molecule has 3 atom stereocenters. The molecule has 5 heteroatoms. The van der Waals surface area contributed by atoms with Crippen molar-refractivity contribution in [3.63, 3.8) is 0 Å². The third kappa shape index (κ3) is 4.04. The quantitative estimate of drug-likeness (QED) is 0.871. The fraction of sp³-hybridized carbons (Fsp3) is 0.591. The van der Waals surface area contributed by atoms with Gasteiger partial charge in [0.15, 0.2) is 0 Å². The van der Waals surface area contributed by atoms with Crippen LogP contribution in [-0.4, -0.2) is 54.2 Å². The van der Waals surface area contributed by atoms with Gasteiger partial charge in [-0.1, -0.05) is 6.92 Å². The number of hydrogen-bond acceptors (Lipinski definition) is 3. The summed E-state index contributed by atoms with van der Waals surface area (Å²) in [5.74, 6) is 0.734. The van der Waals surface area contributed by atoms with Gasteiger partial charge in [-0.3, -0.25) is 9.69 Å². The second kappa shape index (κ2) is 7.64. The van der Waals surface area contributed by atoms with E-state index in [1.54, 1.807) is 0 Å². The average molecular weight is 370 g/mol. The Bertz CT molecular complexity index is 818. The molecule has 4 rings (SSSR count). The Kier molecular flexibility index (Phi) is 5.24. The van der Waals surface area contributed by atoms with E-state index in [1.807, 2.05) is 6.07 Å². The van der Waals surface area contributed by atoms with Crippen molar-refractivity contribution in [2.24, 2.45) is 5.92 Å². The lowest BCUT2D eigenvalue weighted by molar-refractivity contribution is -0.0672. The number of aryl methyl sites for hydroxylation is 1. The van der Waals surface area contributed by atoms with E-state index >= 15 is 0 Å². The zero-order chi connectivity index (χ0) is 19.0. The summed E-state index contributed by atoms with van der Waals surface area (Å²) < 4.78 is 5.77. The number of rotatable bonds is 4. The van der Waals surface area contributed by atoms with Crippen LogP contribution in [-0.2, 0) is 17.6 Å². The molecule has 1 fully saturated rings. The minimum absolute atomic E-state index is 0.0186. The number of nitrogens with one attached hydrogen (secondary N) is 2. The Hall–Kier alpha value is -1.85. The van der Waals surface area contributed by atoms with Gasteiger partial charge >= 0.3 is 0 Å². The monoisotopic (exact) mass is 369 g/mol. The second-order valence-electron chi connectivity index (χ2n) is 8.46. The minimum Gasteiger partial charge on any atom is -0.373 e. The minimum atomic E-state index is 0.0186. The summed E-state index contributed by atoms with van der Waals surface area (Å²) in [6.45, 7) is 9.91. The van der Waals surface area contributed by atoms with Crippen LogP contribution >= 0.6 is 0 Å². The molecule has 0 bridgehead atoms. The van der Waals surface area contributed by atoms with E-state index in [-0.39, 0.29) is 18.1 Å². The maximum absolute atomic E-state index is 12.6. The van der Waals surface area contributed by atoms with E-state index in [0.29, 0.717) is 12.5 Å². The topological polar surface area (TPSA) is 57.4 Å². The number of aromatic nitrogens is 1. The summed E-state index contributed by atoms with van der Waals surface area (Å²) in [5, 5.41) is 4.31. The van der Waals surface area contributed by atoms with Crippen molar-refractivity contribution in [1.82, 2.24) is 15.2 Å². The highest BCUT2D eigenvalue weighted by Crippen LogP contribution is 2.32. The Morgan fingerprint density at radius 2 is 2.04 bits per heavy atom. The highest BCUT2D eigenvalue weighted by molar-refractivity contribution is 5.99. The van der Waals surface area contributed by atoms with E-state index in [2.05, 4.69) is 48.1 Å². The first-order valence-electron chi connectivity index (χ1n) is 10.3. The lowest BCUT2D eigenvalue weighted by Crippen LogP contribution is -2.47.